The number of phenols is 1. The first-order valence-corrected chi connectivity index (χ1v) is 10.4. The van der Waals surface area contributed by atoms with Crippen LogP contribution in [0.3, 0.4) is 0 Å². The van der Waals surface area contributed by atoms with Crippen molar-refractivity contribution in [1.82, 2.24) is 0 Å². The van der Waals surface area contributed by atoms with Gasteiger partial charge in [0, 0.05) is 11.3 Å². The Labute approximate surface area is 176 Å². The molecule has 0 aromatic heterocycles. The monoisotopic (exact) mass is 459 g/mol. The lowest BCUT2D eigenvalue weighted by Crippen LogP contribution is -2.35. The number of alkyl halides is 3. The number of halogens is 3. The first-order valence-electron chi connectivity index (χ1n) is 8.96. The van der Waals surface area contributed by atoms with Crippen LogP contribution in [0.2, 0.25) is 0 Å². The Balaban J connectivity index is 2.49. The number of Topliss-reactive ketones (excluding diaryl/α,β-unsaturated/α-hetero) is 1. The number of carbonyl (C=O) groups excluding carboxylic acids is 2. The van der Waals surface area contributed by atoms with Crippen molar-refractivity contribution < 1.29 is 41.0 Å². The molecule has 7 nitrogen and oxygen atoms in total. The fraction of sp³-hybridized carbons (Fsp3) is 0.300. The van der Waals surface area contributed by atoms with Gasteiger partial charge in [-0.15, -0.1) is 0 Å². The SMILES string of the molecule is Cc1ccc(S(=O)(=O)Nc2ccc(O)c([C@@H](C(=O)OC(C)C)C(=O)C(F)(F)F)c2)cc1. The average Bonchev–Trinajstić information content (AvgIpc) is 2.63. The highest BCUT2D eigenvalue weighted by Crippen LogP contribution is 2.35. The zero-order valence-corrected chi connectivity index (χ0v) is 17.5. The third-order valence-electron chi connectivity index (χ3n) is 4.05. The number of aryl methyl sites for hydroxylation is 1. The number of nitrogens with one attached hydrogen (secondary N) is 1. The van der Waals surface area contributed by atoms with E-state index in [1.807, 2.05) is 0 Å². The first-order chi connectivity index (χ1) is 14.2. The van der Waals surface area contributed by atoms with E-state index in [0.717, 1.165) is 23.8 Å². The molecule has 31 heavy (non-hydrogen) atoms. The van der Waals surface area contributed by atoms with Gasteiger partial charge in [0.25, 0.3) is 15.8 Å². The molecule has 0 aliphatic rings. The molecule has 2 aromatic carbocycles. The van der Waals surface area contributed by atoms with Gasteiger partial charge in [-0.1, -0.05) is 17.7 Å². The van der Waals surface area contributed by atoms with Crippen molar-refractivity contribution in [3.63, 3.8) is 0 Å². The van der Waals surface area contributed by atoms with Gasteiger partial charge in [0.15, 0.2) is 5.92 Å². The zero-order chi connectivity index (χ0) is 23.6. The van der Waals surface area contributed by atoms with E-state index in [2.05, 4.69) is 4.72 Å². The maximum Gasteiger partial charge on any atom is 0.451 e. The van der Waals surface area contributed by atoms with Crippen LogP contribution in [0.25, 0.3) is 0 Å². The molecule has 2 N–H and O–H groups in total. The van der Waals surface area contributed by atoms with Crippen LogP contribution >= 0.6 is 0 Å². The maximum absolute atomic E-state index is 13.1. The summed E-state index contributed by atoms with van der Waals surface area (Å²) >= 11 is 0. The van der Waals surface area contributed by atoms with Gasteiger partial charge in [-0.2, -0.15) is 13.2 Å². The number of sulfonamides is 1. The van der Waals surface area contributed by atoms with Gasteiger partial charge < -0.3 is 9.84 Å². The molecule has 2 rings (SSSR count). The molecule has 11 heteroatoms. The van der Waals surface area contributed by atoms with Crippen molar-refractivity contribution in [1.29, 1.82) is 0 Å². The molecule has 0 radical (unpaired) electrons. The van der Waals surface area contributed by atoms with Crippen molar-refractivity contribution >= 4 is 27.5 Å². The Bertz CT molecular complexity index is 1080. The predicted octanol–water partition coefficient (Wildman–Crippen LogP) is 3.67. The summed E-state index contributed by atoms with van der Waals surface area (Å²) in [4.78, 5) is 24.1. The van der Waals surface area contributed by atoms with Gasteiger partial charge in [-0.25, -0.2) is 8.42 Å². The fourth-order valence-corrected chi connectivity index (χ4v) is 3.67. The number of ketones is 1. The second kappa shape index (κ2) is 8.96. The molecule has 0 fully saturated rings. The average molecular weight is 459 g/mol. The van der Waals surface area contributed by atoms with E-state index in [1.165, 1.54) is 26.0 Å². The number of phenolic OH excluding ortho intramolecular Hbond substituents is 1. The molecule has 0 saturated carbocycles. The van der Waals surface area contributed by atoms with E-state index in [4.69, 9.17) is 4.74 Å². The van der Waals surface area contributed by atoms with Crippen LogP contribution in [-0.2, 0) is 24.3 Å². The lowest BCUT2D eigenvalue weighted by atomic mass is 9.93. The van der Waals surface area contributed by atoms with Crippen molar-refractivity contribution in [2.45, 2.75) is 43.9 Å². The van der Waals surface area contributed by atoms with Gasteiger partial charge in [0.2, 0.25) is 0 Å². The first kappa shape index (κ1) is 24.2. The summed E-state index contributed by atoms with van der Waals surface area (Å²) in [7, 11) is -4.13. The molecule has 0 spiro atoms. The Morgan fingerprint density at radius 3 is 2.16 bits per heavy atom. The van der Waals surface area contributed by atoms with Crippen LogP contribution in [0, 0.1) is 6.92 Å². The molecular formula is C20H20F3NO6S. The normalized spacial score (nSPS) is 13.0. The van der Waals surface area contributed by atoms with Crippen LogP contribution < -0.4 is 4.72 Å². The van der Waals surface area contributed by atoms with Crippen LogP contribution in [-0.4, -0.2) is 37.6 Å². The lowest BCUT2D eigenvalue weighted by molar-refractivity contribution is -0.178. The number of carbonyl (C=O) groups is 2. The van der Waals surface area contributed by atoms with Gasteiger partial charge in [0.05, 0.1) is 11.0 Å². The fourth-order valence-electron chi connectivity index (χ4n) is 2.62. The van der Waals surface area contributed by atoms with Crippen LogP contribution in [0.1, 0.15) is 30.9 Å². The molecule has 0 unspecified atom stereocenters. The van der Waals surface area contributed by atoms with Gasteiger partial charge in [-0.05, 0) is 51.1 Å². The lowest BCUT2D eigenvalue weighted by Gasteiger charge is -2.20. The molecule has 168 valence electrons. The molecule has 0 amide bonds. The molecular weight excluding hydrogens is 439 g/mol. The summed E-state index contributed by atoms with van der Waals surface area (Å²) in [6.45, 7) is 4.50. The van der Waals surface area contributed by atoms with E-state index in [1.54, 1.807) is 19.1 Å². The van der Waals surface area contributed by atoms with Gasteiger partial charge in [0.1, 0.15) is 5.75 Å². The standard InChI is InChI=1S/C20H20F3NO6S/c1-11(2)30-19(27)17(18(26)20(21,22)23)15-10-13(6-9-16(15)25)24-31(28,29)14-7-4-12(3)5-8-14/h4-11,17,24-25H,1-3H3/t17-/m1/s1. The highest BCUT2D eigenvalue weighted by molar-refractivity contribution is 7.92. The number of ether oxygens (including phenoxy) is 1. The number of rotatable bonds is 7. The van der Waals surface area contributed by atoms with Crippen molar-refractivity contribution in [3.05, 3.63) is 53.6 Å². The quantitative estimate of drug-likeness (QED) is 0.372. The van der Waals surface area contributed by atoms with Crippen molar-refractivity contribution in [2.75, 3.05) is 4.72 Å². The molecule has 0 aliphatic carbocycles. The highest BCUT2D eigenvalue weighted by atomic mass is 32.2. The number of esters is 1. The van der Waals surface area contributed by atoms with E-state index < -0.39 is 51.3 Å². The molecule has 1 atom stereocenters. The second-order valence-corrected chi connectivity index (χ2v) is 8.66. The summed E-state index contributed by atoms with van der Waals surface area (Å²) < 4.78 is 71.2. The Hall–Kier alpha value is -3.08. The summed E-state index contributed by atoms with van der Waals surface area (Å²) in [5.41, 5.74) is -0.189. The number of aromatic hydroxyl groups is 1. The Kier molecular flexibility index (Phi) is 6.99. The highest BCUT2D eigenvalue weighted by Gasteiger charge is 2.48. The second-order valence-electron chi connectivity index (χ2n) is 6.97. The molecule has 0 heterocycles. The third-order valence-corrected chi connectivity index (χ3v) is 5.45. The van der Waals surface area contributed by atoms with Crippen LogP contribution in [0.15, 0.2) is 47.4 Å². The number of hydrogen-bond donors (Lipinski definition) is 2. The summed E-state index contributed by atoms with van der Waals surface area (Å²) in [5, 5.41) is 10.0. The van der Waals surface area contributed by atoms with E-state index in [0.29, 0.717) is 0 Å². The van der Waals surface area contributed by atoms with Crippen molar-refractivity contribution in [3.8, 4) is 5.75 Å². The summed E-state index contributed by atoms with van der Waals surface area (Å²) in [6, 6.07) is 8.50. The molecule has 0 aliphatic heterocycles. The Morgan fingerprint density at radius 2 is 1.65 bits per heavy atom. The van der Waals surface area contributed by atoms with Crippen LogP contribution in [0.5, 0.6) is 5.75 Å². The van der Waals surface area contributed by atoms with E-state index in [-0.39, 0.29) is 10.6 Å². The maximum atomic E-state index is 13.1. The number of anilines is 1. The minimum atomic E-state index is -5.40. The van der Waals surface area contributed by atoms with Gasteiger partial charge in [-0.3, -0.25) is 14.3 Å². The molecule has 2 aromatic rings. The molecule has 0 bridgehead atoms. The minimum absolute atomic E-state index is 0.116. The predicted molar refractivity (Wildman–Crippen MR) is 105 cm³/mol. The number of benzene rings is 2. The van der Waals surface area contributed by atoms with Crippen LogP contribution in [0.4, 0.5) is 18.9 Å². The minimum Gasteiger partial charge on any atom is -0.508 e. The Morgan fingerprint density at radius 1 is 1.06 bits per heavy atom. The summed E-state index contributed by atoms with van der Waals surface area (Å²) in [5.74, 6) is -7.30. The van der Waals surface area contributed by atoms with E-state index in [9.17, 15) is 36.3 Å². The molecule has 0 saturated heterocycles. The largest absolute Gasteiger partial charge is 0.508 e. The van der Waals surface area contributed by atoms with Gasteiger partial charge >= 0.3 is 12.1 Å². The number of hydrogen-bond acceptors (Lipinski definition) is 6. The van der Waals surface area contributed by atoms with Crippen molar-refractivity contribution in [2.24, 2.45) is 0 Å². The third kappa shape index (κ3) is 5.97. The van der Waals surface area contributed by atoms with E-state index >= 15 is 0 Å². The topological polar surface area (TPSA) is 110 Å². The smallest absolute Gasteiger partial charge is 0.451 e. The zero-order valence-electron chi connectivity index (χ0n) is 16.7. The summed E-state index contributed by atoms with van der Waals surface area (Å²) in [6.07, 6.45) is -6.23.